The Morgan fingerprint density at radius 2 is 1.53 bits per heavy atom. The fraction of sp³-hybridized carbons (Fsp3) is 0.727. The third kappa shape index (κ3) is 4.49. The van der Waals surface area contributed by atoms with Gasteiger partial charge in [0.05, 0.1) is 0 Å². The van der Waals surface area contributed by atoms with Crippen molar-refractivity contribution < 1.29 is 38.4 Å². The first-order valence-corrected chi connectivity index (χ1v) is 5.62. The van der Waals surface area contributed by atoms with Crippen LogP contribution in [0, 0.1) is 0 Å². The van der Waals surface area contributed by atoms with E-state index >= 15 is 0 Å². The van der Waals surface area contributed by atoms with E-state index in [-0.39, 0.29) is 6.61 Å². The molecule has 0 spiro atoms. The Labute approximate surface area is 109 Å². The molecule has 8 nitrogen and oxygen atoms in total. The van der Waals surface area contributed by atoms with Crippen LogP contribution in [0.15, 0.2) is 0 Å². The van der Waals surface area contributed by atoms with Crippen molar-refractivity contribution in [3.8, 4) is 0 Å². The standard InChI is InChI=1S/C11H16O8/c1-5(12)16-4-8-9(17-6(2)13)10(11(15)19-8)18-7(3)14/h8-11,15H,4H2,1-3H3/t8-,9+,10-,11+/m1/s1. The van der Waals surface area contributed by atoms with E-state index in [9.17, 15) is 19.5 Å². The topological polar surface area (TPSA) is 108 Å². The second kappa shape index (κ2) is 6.48. The predicted molar refractivity (Wildman–Crippen MR) is 58.6 cm³/mol. The summed E-state index contributed by atoms with van der Waals surface area (Å²) in [5.74, 6) is -1.83. The van der Waals surface area contributed by atoms with Gasteiger partial charge < -0.3 is 24.1 Å². The monoisotopic (exact) mass is 276 g/mol. The average Bonchev–Trinajstić information content (AvgIpc) is 2.53. The zero-order valence-electron chi connectivity index (χ0n) is 10.8. The van der Waals surface area contributed by atoms with E-state index in [1.165, 1.54) is 13.8 Å². The van der Waals surface area contributed by atoms with E-state index in [1.807, 2.05) is 0 Å². The van der Waals surface area contributed by atoms with Gasteiger partial charge >= 0.3 is 17.9 Å². The average molecular weight is 276 g/mol. The number of carbonyl (C=O) groups excluding carboxylic acids is 3. The molecule has 0 aromatic carbocycles. The second-order valence-electron chi connectivity index (χ2n) is 4.02. The normalized spacial score (nSPS) is 29.7. The number of ether oxygens (including phenoxy) is 4. The van der Waals surface area contributed by atoms with Crippen LogP contribution in [-0.2, 0) is 33.3 Å². The van der Waals surface area contributed by atoms with Gasteiger partial charge in [-0.25, -0.2) is 0 Å². The summed E-state index contributed by atoms with van der Waals surface area (Å²) in [5, 5.41) is 9.63. The molecule has 1 heterocycles. The molecule has 1 aliphatic heterocycles. The maximum atomic E-state index is 11.0. The minimum atomic E-state index is -1.45. The molecule has 1 N–H and O–H groups in total. The minimum Gasteiger partial charge on any atom is -0.463 e. The second-order valence-corrected chi connectivity index (χ2v) is 4.02. The molecule has 1 rings (SSSR count). The largest absolute Gasteiger partial charge is 0.463 e. The van der Waals surface area contributed by atoms with E-state index in [2.05, 4.69) is 0 Å². The van der Waals surface area contributed by atoms with Gasteiger partial charge in [0.25, 0.3) is 0 Å². The molecule has 0 saturated carbocycles. The molecule has 0 aliphatic carbocycles. The fourth-order valence-corrected chi connectivity index (χ4v) is 1.69. The van der Waals surface area contributed by atoms with Crippen LogP contribution in [0.2, 0.25) is 0 Å². The van der Waals surface area contributed by atoms with Crippen LogP contribution < -0.4 is 0 Å². The van der Waals surface area contributed by atoms with Gasteiger partial charge in [-0.2, -0.15) is 0 Å². The van der Waals surface area contributed by atoms with Gasteiger partial charge in [-0.3, -0.25) is 14.4 Å². The Hall–Kier alpha value is -1.67. The number of hydrogen-bond acceptors (Lipinski definition) is 8. The van der Waals surface area contributed by atoms with Crippen molar-refractivity contribution in [3.63, 3.8) is 0 Å². The highest BCUT2D eigenvalue weighted by molar-refractivity contribution is 5.67. The lowest BCUT2D eigenvalue weighted by Crippen LogP contribution is -2.41. The molecular formula is C11H16O8. The molecule has 19 heavy (non-hydrogen) atoms. The van der Waals surface area contributed by atoms with Crippen molar-refractivity contribution in [2.24, 2.45) is 0 Å². The lowest BCUT2D eigenvalue weighted by Gasteiger charge is -2.21. The van der Waals surface area contributed by atoms with Crippen molar-refractivity contribution in [1.82, 2.24) is 0 Å². The highest BCUT2D eigenvalue weighted by Gasteiger charge is 2.48. The number of aliphatic hydroxyl groups excluding tert-OH is 1. The molecule has 0 aromatic rings. The van der Waals surface area contributed by atoms with Crippen molar-refractivity contribution in [1.29, 1.82) is 0 Å². The van der Waals surface area contributed by atoms with E-state index < -0.39 is 42.5 Å². The number of aliphatic hydroxyl groups is 1. The predicted octanol–water partition coefficient (Wildman–Crippen LogP) is -0.870. The van der Waals surface area contributed by atoms with Gasteiger partial charge in [-0.1, -0.05) is 0 Å². The van der Waals surface area contributed by atoms with Crippen molar-refractivity contribution >= 4 is 17.9 Å². The fourth-order valence-electron chi connectivity index (χ4n) is 1.69. The van der Waals surface area contributed by atoms with Crippen LogP contribution in [0.1, 0.15) is 20.8 Å². The molecule has 1 aliphatic rings. The maximum absolute atomic E-state index is 11.0. The van der Waals surface area contributed by atoms with E-state index in [4.69, 9.17) is 18.9 Å². The number of hydrogen-bond donors (Lipinski definition) is 1. The van der Waals surface area contributed by atoms with E-state index in [0.29, 0.717) is 0 Å². The zero-order valence-corrected chi connectivity index (χ0v) is 10.8. The number of esters is 3. The first kappa shape index (κ1) is 15.4. The molecule has 0 amide bonds. The minimum absolute atomic E-state index is 0.220. The van der Waals surface area contributed by atoms with Crippen LogP contribution in [0.25, 0.3) is 0 Å². The van der Waals surface area contributed by atoms with Gasteiger partial charge in [0, 0.05) is 20.8 Å². The van der Waals surface area contributed by atoms with Crippen LogP contribution in [0.4, 0.5) is 0 Å². The van der Waals surface area contributed by atoms with Crippen molar-refractivity contribution in [2.45, 2.75) is 45.4 Å². The molecular weight excluding hydrogens is 260 g/mol. The Bertz CT molecular complexity index is 366. The van der Waals surface area contributed by atoms with Crippen LogP contribution >= 0.6 is 0 Å². The summed E-state index contributed by atoms with van der Waals surface area (Å²) >= 11 is 0. The van der Waals surface area contributed by atoms with Gasteiger partial charge in [0.2, 0.25) is 0 Å². The molecule has 8 heteroatoms. The smallest absolute Gasteiger partial charge is 0.303 e. The van der Waals surface area contributed by atoms with Gasteiger partial charge in [-0.15, -0.1) is 0 Å². The Morgan fingerprint density at radius 1 is 1.00 bits per heavy atom. The third-order valence-electron chi connectivity index (χ3n) is 2.34. The summed E-state index contributed by atoms with van der Waals surface area (Å²) in [6.07, 6.45) is -4.53. The zero-order chi connectivity index (χ0) is 14.6. The van der Waals surface area contributed by atoms with Crippen molar-refractivity contribution in [3.05, 3.63) is 0 Å². The molecule has 0 bridgehead atoms. The molecule has 0 aromatic heterocycles. The number of rotatable bonds is 4. The van der Waals surface area contributed by atoms with Crippen LogP contribution in [-0.4, -0.2) is 54.2 Å². The quantitative estimate of drug-likeness (QED) is 0.521. The van der Waals surface area contributed by atoms with Gasteiger partial charge in [0.15, 0.2) is 18.5 Å². The first-order valence-electron chi connectivity index (χ1n) is 5.62. The molecule has 1 fully saturated rings. The highest BCUT2D eigenvalue weighted by Crippen LogP contribution is 2.26. The highest BCUT2D eigenvalue weighted by atomic mass is 16.7. The summed E-state index contributed by atoms with van der Waals surface area (Å²) in [7, 11) is 0. The summed E-state index contributed by atoms with van der Waals surface area (Å²) in [4.78, 5) is 32.7. The van der Waals surface area contributed by atoms with Gasteiger partial charge in [0.1, 0.15) is 12.7 Å². The lowest BCUT2D eigenvalue weighted by molar-refractivity contribution is -0.174. The summed E-state index contributed by atoms with van der Waals surface area (Å²) < 4.78 is 19.6. The first-order chi connectivity index (χ1) is 8.81. The maximum Gasteiger partial charge on any atom is 0.303 e. The van der Waals surface area contributed by atoms with E-state index in [1.54, 1.807) is 0 Å². The Balaban J connectivity index is 2.76. The summed E-state index contributed by atoms with van der Waals surface area (Å²) in [6, 6.07) is 0. The van der Waals surface area contributed by atoms with Crippen LogP contribution in [0.3, 0.4) is 0 Å². The molecule has 4 atom stereocenters. The summed E-state index contributed by atoms with van der Waals surface area (Å²) in [6.45, 7) is 3.30. The molecule has 108 valence electrons. The summed E-state index contributed by atoms with van der Waals surface area (Å²) in [5.41, 5.74) is 0. The van der Waals surface area contributed by atoms with E-state index in [0.717, 1.165) is 6.92 Å². The SMILES string of the molecule is CC(=O)OC[C@H]1O[C@H](O)[C@H](OC(C)=O)[C@H]1OC(C)=O. The number of carbonyl (C=O) groups is 3. The Morgan fingerprint density at radius 3 is 2.00 bits per heavy atom. The van der Waals surface area contributed by atoms with Crippen molar-refractivity contribution in [2.75, 3.05) is 6.61 Å². The molecule has 1 saturated heterocycles. The Kier molecular flexibility index (Phi) is 5.25. The lowest BCUT2D eigenvalue weighted by atomic mass is 10.1. The van der Waals surface area contributed by atoms with Crippen LogP contribution in [0.5, 0.6) is 0 Å². The molecule has 0 unspecified atom stereocenters. The third-order valence-corrected chi connectivity index (χ3v) is 2.34. The molecule has 0 radical (unpaired) electrons. The van der Waals surface area contributed by atoms with Gasteiger partial charge in [-0.05, 0) is 0 Å².